The van der Waals surface area contributed by atoms with Crippen LogP contribution in [0.1, 0.15) is 23.9 Å². The van der Waals surface area contributed by atoms with Crippen LogP contribution in [-0.4, -0.2) is 46.8 Å². The van der Waals surface area contributed by atoms with Gasteiger partial charge in [0.05, 0.1) is 25.1 Å². The molecule has 0 bridgehead atoms. The van der Waals surface area contributed by atoms with E-state index in [1.54, 1.807) is 9.58 Å². The molecule has 0 aromatic carbocycles. The van der Waals surface area contributed by atoms with Gasteiger partial charge in [-0.3, -0.25) is 14.3 Å². The van der Waals surface area contributed by atoms with E-state index in [9.17, 15) is 9.59 Å². The van der Waals surface area contributed by atoms with Gasteiger partial charge in [-0.25, -0.2) is 0 Å². The van der Waals surface area contributed by atoms with Crippen molar-refractivity contribution >= 4 is 11.9 Å². The van der Waals surface area contributed by atoms with E-state index in [1.807, 2.05) is 27.8 Å². The lowest BCUT2D eigenvalue weighted by Crippen LogP contribution is -2.31. The number of carbonyl (C=O) groups excluding carboxylic acids is 2. The van der Waals surface area contributed by atoms with Gasteiger partial charge < -0.3 is 9.64 Å². The molecular formula is C15H23N3O3. The van der Waals surface area contributed by atoms with Gasteiger partial charge in [0.1, 0.15) is 0 Å². The Balaban J connectivity index is 2.07. The summed E-state index contributed by atoms with van der Waals surface area (Å²) in [5.41, 5.74) is 2.88. The number of likely N-dealkylation sites (tertiary alicyclic amines) is 1. The Morgan fingerprint density at radius 1 is 1.33 bits per heavy atom. The van der Waals surface area contributed by atoms with Crippen LogP contribution >= 0.6 is 0 Å². The van der Waals surface area contributed by atoms with Gasteiger partial charge in [-0.15, -0.1) is 0 Å². The fraction of sp³-hybridized carbons (Fsp3) is 0.667. The van der Waals surface area contributed by atoms with Crippen LogP contribution in [0.2, 0.25) is 0 Å². The first kappa shape index (κ1) is 15.5. The first-order valence-corrected chi connectivity index (χ1v) is 7.19. The standard InChI is InChI=1S/C15H23N3O3/c1-9-7-18(8-13(9)15(20)21-5)14(19)6-12-10(2)16-17(4)11(12)3/h9,13H,6-8H2,1-5H3. The first-order valence-electron chi connectivity index (χ1n) is 7.19. The molecule has 1 aliphatic heterocycles. The quantitative estimate of drug-likeness (QED) is 0.775. The maximum absolute atomic E-state index is 12.5. The molecular weight excluding hydrogens is 270 g/mol. The zero-order valence-electron chi connectivity index (χ0n) is 13.3. The van der Waals surface area contributed by atoms with Gasteiger partial charge in [-0.1, -0.05) is 6.92 Å². The second-order valence-electron chi connectivity index (χ2n) is 5.86. The predicted molar refractivity (Wildman–Crippen MR) is 77.6 cm³/mol. The monoisotopic (exact) mass is 293 g/mol. The lowest BCUT2D eigenvalue weighted by molar-refractivity contribution is -0.146. The molecule has 0 spiro atoms. The zero-order valence-corrected chi connectivity index (χ0v) is 13.3. The average Bonchev–Trinajstić information content (AvgIpc) is 2.94. The Morgan fingerprint density at radius 2 is 2.00 bits per heavy atom. The molecule has 0 N–H and O–H groups in total. The molecule has 1 fully saturated rings. The van der Waals surface area contributed by atoms with E-state index in [4.69, 9.17) is 4.74 Å². The van der Waals surface area contributed by atoms with Crippen molar-refractivity contribution in [2.24, 2.45) is 18.9 Å². The number of nitrogens with zero attached hydrogens (tertiary/aromatic N) is 3. The van der Waals surface area contributed by atoms with E-state index < -0.39 is 0 Å². The lowest BCUT2D eigenvalue weighted by Gasteiger charge is -2.16. The van der Waals surface area contributed by atoms with Crippen LogP contribution in [-0.2, 0) is 27.8 Å². The van der Waals surface area contributed by atoms with Gasteiger partial charge >= 0.3 is 5.97 Å². The smallest absolute Gasteiger partial charge is 0.310 e. The summed E-state index contributed by atoms with van der Waals surface area (Å²) in [4.78, 5) is 25.9. The van der Waals surface area contributed by atoms with Gasteiger partial charge in [0, 0.05) is 31.4 Å². The highest BCUT2D eigenvalue weighted by atomic mass is 16.5. The van der Waals surface area contributed by atoms with Crippen molar-refractivity contribution in [1.29, 1.82) is 0 Å². The summed E-state index contributed by atoms with van der Waals surface area (Å²) >= 11 is 0. The second-order valence-corrected chi connectivity index (χ2v) is 5.86. The Morgan fingerprint density at radius 3 is 2.52 bits per heavy atom. The van der Waals surface area contributed by atoms with E-state index in [0.29, 0.717) is 19.5 Å². The van der Waals surface area contributed by atoms with Crippen molar-refractivity contribution < 1.29 is 14.3 Å². The van der Waals surface area contributed by atoms with Gasteiger partial charge in [-0.05, 0) is 19.8 Å². The molecule has 2 heterocycles. The maximum Gasteiger partial charge on any atom is 0.310 e. The summed E-state index contributed by atoms with van der Waals surface area (Å²) < 4.78 is 6.60. The Hall–Kier alpha value is -1.85. The number of hydrogen-bond acceptors (Lipinski definition) is 4. The SMILES string of the molecule is COC(=O)C1CN(C(=O)Cc2c(C)nn(C)c2C)CC1C. The highest BCUT2D eigenvalue weighted by Gasteiger charge is 2.37. The number of aryl methyl sites for hydroxylation is 2. The number of aromatic nitrogens is 2. The van der Waals surface area contributed by atoms with Gasteiger partial charge in [0.2, 0.25) is 5.91 Å². The van der Waals surface area contributed by atoms with Crippen LogP contribution in [0, 0.1) is 25.7 Å². The highest BCUT2D eigenvalue weighted by Crippen LogP contribution is 2.25. The third kappa shape index (κ3) is 2.94. The number of methoxy groups -OCH3 is 1. The molecule has 2 rings (SSSR count). The van der Waals surface area contributed by atoms with E-state index in [0.717, 1.165) is 17.0 Å². The van der Waals surface area contributed by atoms with E-state index in [-0.39, 0.29) is 23.7 Å². The van der Waals surface area contributed by atoms with Crippen LogP contribution in [0.3, 0.4) is 0 Å². The number of hydrogen-bond donors (Lipinski definition) is 0. The number of esters is 1. The molecule has 0 aliphatic carbocycles. The lowest BCUT2D eigenvalue weighted by atomic mass is 9.99. The highest BCUT2D eigenvalue weighted by molar-refractivity contribution is 5.81. The zero-order chi connectivity index (χ0) is 15.7. The molecule has 6 nitrogen and oxygen atoms in total. The Labute approximate surface area is 125 Å². The molecule has 1 aromatic heterocycles. The summed E-state index contributed by atoms with van der Waals surface area (Å²) in [5.74, 6) is -0.258. The summed E-state index contributed by atoms with van der Waals surface area (Å²) in [6.45, 7) is 6.92. The molecule has 2 unspecified atom stereocenters. The van der Waals surface area contributed by atoms with Crippen molar-refractivity contribution in [3.63, 3.8) is 0 Å². The van der Waals surface area contributed by atoms with Crippen molar-refractivity contribution in [2.75, 3.05) is 20.2 Å². The minimum Gasteiger partial charge on any atom is -0.469 e. The fourth-order valence-electron chi connectivity index (χ4n) is 2.96. The first-order chi connectivity index (χ1) is 9.85. The molecule has 1 amide bonds. The molecule has 2 atom stereocenters. The van der Waals surface area contributed by atoms with Gasteiger partial charge in [0.15, 0.2) is 0 Å². The van der Waals surface area contributed by atoms with Crippen LogP contribution in [0.25, 0.3) is 0 Å². The minimum atomic E-state index is -0.230. The van der Waals surface area contributed by atoms with Crippen LogP contribution < -0.4 is 0 Å². The molecule has 1 saturated heterocycles. The van der Waals surface area contributed by atoms with Crippen molar-refractivity contribution in [3.8, 4) is 0 Å². The number of rotatable bonds is 3. The summed E-state index contributed by atoms with van der Waals surface area (Å²) in [6.07, 6.45) is 0.339. The van der Waals surface area contributed by atoms with E-state index in [2.05, 4.69) is 5.10 Å². The summed E-state index contributed by atoms with van der Waals surface area (Å²) in [7, 11) is 3.27. The Kier molecular flexibility index (Phi) is 4.34. The van der Waals surface area contributed by atoms with E-state index >= 15 is 0 Å². The molecule has 0 saturated carbocycles. The number of amides is 1. The summed E-state index contributed by atoms with van der Waals surface area (Å²) in [5, 5.41) is 4.33. The average molecular weight is 293 g/mol. The molecule has 1 aromatic rings. The third-order valence-electron chi connectivity index (χ3n) is 4.46. The molecule has 116 valence electrons. The van der Waals surface area contributed by atoms with Crippen molar-refractivity contribution in [2.45, 2.75) is 27.2 Å². The van der Waals surface area contributed by atoms with Crippen LogP contribution in [0.5, 0.6) is 0 Å². The maximum atomic E-state index is 12.5. The van der Waals surface area contributed by atoms with Crippen LogP contribution in [0.15, 0.2) is 0 Å². The topological polar surface area (TPSA) is 64.4 Å². The molecule has 21 heavy (non-hydrogen) atoms. The van der Waals surface area contributed by atoms with Crippen LogP contribution in [0.4, 0.5) is 0 Å². The van der Waals surface area contributed by atoms with Gasteiger partial charge in [-0.2, -0.15) is 5.10 Å². The number of carbonyl (C=O) groups is 2. The molecule has 1 aliphatic rings. The normalized spacial score (nSPS) is 21.7. The third-order valence-corrected chi connectivity index (χ3v) is 4.46. The summed E-state index contributed by atoms with van der Waals surface area (Å²) in [6, 6.07) is 0. The van der Waals surface area contributed by atoms with Crippen molar-refractivity contribution in [3.05, 3.63) is 17.0 Å². The predicted octanol–water partition coefficient (Wildman–Crippen LogP) is 0.847. The second kappa shape index (κ2) is 5.87. The molecule has 6 heteroatoms. The van der Waals surface area contributed by atoms with Gasteiger partial charge in [0.25, 0.3) is 0 Å². The largest absolute Gasteiger partial charge is 0.469 e. The minimum absolute atomic E-state index is 0.0486. The fourth-order valence-corrected chi connectivity index (χ4v) is 2.96. The number of ether oxygens (including phenoxy) is 1. The van der Waals surface area contributed by atoms with Crippen molar-refractivity contribution in [1.82, 2.24) is 14.7 Å². The molecule has 0 radical (unpaired) electrons. The Bertz CT molecular complexity index is 565. The van der Waals surface area contributed by atoms with E-state index in [1.165, 1.54) is 7.11 Å².